The van der Waals surface area contributed by atoms with E-state index < -0.39 is 0 Å². The molecule has 2 rings (SSSR count). The Hall–Kier alpha value is -0.0800. The summed E-state index contributed by atoms with van der Waals surface area (Å²) in [6.07, 6.45) is 8.11. The van der Waals surface area contributed by atoms with Gasteiger partial charge in [0.2, 0.25) is 0 Å². The summed E-state index contributed by atoms with van der Waals surface area (Å²) in [5.41, 5.74) is 0. The van der Waals surface area contributed by atoms with E-state index >= 15 is 0 Å². The van der Waals surface area contributed by atoms with Crippen LogP contribution in [0.1, 0.15) is 45.4 Å². The molecule has 1 saturated heterocycles. The number of hydrogen-bond acceptors (Lipinski definition) is 2. The molecule has 0 aromatic heterocycles. The molecule has 0 aromatic rings. The van der Waals surface area contributed by atoms with Gasteiger partial charge in [0.15, 0.2) is 0 Å². The third-order valence-corrected chi connectivity index (χ3v) is 4.31. The first-order chi connectivity index (χ1) is 7.29. The molecular weight excluding hydrogens is 186 g/mol. The second kappa shape index (κ2) is 5.31. The molecule has 1 aliphatic heterocycles. The predicted octanol–water partition coefficient (Wildman–Crippen LogP) is 2.27. The standard InChI is InChI=1S/C13H25NO/c1-11-4-6-13(7-5-11)14-8-2-3-12(9-14)10-15/h11-13,15H,2-10H2,1H3/t11?,12-,13?/m0/s1. The zero-order valence-corrected chi connectivity index (χ0v) is 9.99. The zero-order valence-electron chi connectivity index (χ0n) is 9.99. The third kappa shape index (κ3) is 2.94. The van der Waals surface area contributed by atoms with Gasteiger partial charge in [0, 0.05) is 19.2 Å². The largest absolute Gasteiger partial charge is 0.396 e. The summed E-state index contributed by atoms with van der Waals surface area (Å²) >= 11 is 0. The molecule has 1 saturated carbocycles. The summed E-state index contributed by atoms with van der Waals surface area (Å²) in [5.74, 6) is 1.50. The van der Waals surface area contributed by atoms with Gasteiger partial charge >= 0.3 is 0 Å². The Kier molecular flexibility index (Phi) is 4.04. The van der Waals surface area contributed by atoms with Crippen molar-refractivity contribution in [1.29, 1.82) is 0 Å². The van der Waals surface area contributed by atoms with Crippen LogP contribution in [0.4, 0.5) is 0 Å². The highest BCUT2D eigenvalue weighted by molar-refractivity contribution is 4.82. The maximum absolute atomic E-state index is 9.22. The van der Waals surface area contributed by atoms with Crippen molar-refractivity contribution in [2.45, 2.75) is 51.5 Å². The van der Waals surface area contributed by atoms with Gasteiger partial charge in [0.1, 0.15) is 0 Å². The van der Waals surface area contributed by atoms with Crippen LogP contribution >= 0.6 is 0 Å². The lowest BCUT2D eigenvalue weighted by Crippen LogP contribution is -2.44. The van der Waals surface area contributed by atoms with Gasteiger partial charge in [-0.2, -0.15) is 0 Å². The maximum atomic E-state index is 9.22. The molecule has 2 heteroatoms. The molecule has 2 nitrogen and oxygen atoms in total. The number of piperidine rings is 1. The smallest absolute Gasteiger partial charge is 0.0471 e. The minimum atomic E-state index is 0.389. The normalized spacial score (nSPS) is 39.2. The number of aliphatic hydroxyl groups is 1. The van der Waals surface area contributed by atoms with Crippen molar-refractivity contribution in [3.8, 4) is 0 Å². The fraction of sp³-hybridized carbons (Fsp3) is 1.00. The molecule has 1 heterocycles. The van der Waals surface area contributed by atoms with Crippen LogP contribution < -0.4 is 0 Å². The monoisotopic (exact) mass is 211 g/mol. The first-order valence-corrected chi connectivity index (χ1v) is 6.64. The Morgan fingerprint density at radius 2 is 1.87 bits per heavy atom. The number of likely N-dealkylation sites (tertiary alicyclic amines) is 1. The summed E-state index contributed by atoms with van der Waals surface area (Å²) in [6.45, 7) is 5.19. The second-order valence-corrected chi connectivity index (χ2v) is 5.60. The van der Waals surface area contributed by atoms with E-state index in [1.165, 1.54) is 45.1 Å². The molecule has 0 bridgehead atoms. The number of aliphatic hydroxyl groups excluding tert-OH is 1. The van der Waals surface area contributed by atoms with Crippen LogP contribution in [0.25, 0.3) is 0 Å². The molecule has 1 aliphatic carbocycles. The van der Waals surface area contributed by atoms with Gasteiger partial charge in [-0.25, -0.2) is 0 Å². The van der Waals surface area contributed by atoms with Crippen molar-refractivity contribution in [3.63, 3.8) is 0 Å². The second-order valence-electron chi connectivity index (χ2n) is 5.60. The van der Waals surface area contributed by atoms with Crippen LogP contribution in [0.15, 0.2) is 0 Å². The Balaban J connectivity index is 1.82. The highest BCUT2D eigenvalue weighted by atomic mass is 16.3. The fourth-order valence-corrected chi connectivity index (χ4v) is 3.19. The molecule has 0 amide bonds. The van der Waals surface area contributed by atoms with E-state index in [9.17, 15) is 5.11 Å². The summed E-state index contributed by atoms with van der Waals surface area (Å²) in [6, 6.07) is 0.829. The Bertz CT molecular complexity index is 187. The Morgan fingerprint density at radius 1 is 1.13 bits per heavy atom. The van der Waals surface area contributed by atoms with E-state index in [-0.39, 0.29) is 0 Å². The summed E-state index contributed by atoms with van der Waals surface area (Å²) in [7, 11) is 0. The molecule has 2 aliphatic rings. The van der Waals surface area contributed by atoms with Crippen LogP contribution in [-0.2, 0) is 0 Å². The summed E-state index contributed by atoms with van der Waals surface area (Å²) in [4.78, 5) is 2.65. The van der Waals surface area contributed by atoms with Gasteiger partial charge in [-0.3, -0.25) is 0 Å². The van der Waals surface area contributed by atoms with Crippen LogP contribution in [0.3, 0.4) is 0 Å². The molecule has 0 aromatic carbocycles. The number of hydrogen-bond donors (Lipinski definition) is 1. The van der Waals surface area contributed by atoms with Gasteiger partial charge in [0.25, 0.3) is 0 Å². The molecule has 1 N–H and O–H groups in total. The zero-order chi connectivity index (χ0) is 10.7. The quantitative estimate of drug-likeness (QED) is 0.757. The third-order valence-electron chi connectivity index (χ3n) is 4.31. The van der Waals surface area contributed by atoms with E-state index in [0.29, 0.717) is 12.5 Å². The Labute approximate surface area is 93.7 Å². The van der Waals surface area contributed by atoms with Crippen molar-refractivity contribution >= 4 is 0 Å². The highest BCUT2D eigenvalue weighted by Crippen LogP contribution is 2.29. The van der Waals surface area contributed by atoms with Crippen LogP contribution in [0.5, 0.6) is 0 Å². The van der Waals surface area contributed by atoms with Crippen LogP contribution in [-0.4, -0.2) is 35.7 Å². The maximum Gasteiger partial charge on any atom is 0.0471 e. The van der Waals surface area contributed by atoms with Crippen molar-refractivity contribution in [1.82, 2.24) is 4.90 Å². The molecule has 0 spiro atoms. The Morgan fingerprint density at radius 3 is 2.53 bits per heavy atom. The fourth-order valence-electron chi connectivity index (χ4n) is 3.19. The lowest BCUT2D eigenvalue weighted by atomic mass is 9.85. The first kappa shape index (κ1) is 11.4. The topological polar surface area (TPSA) is 23.5 Å². The minimum Gasteiger partial charge on any atom is -0.396 e. The van der Waals surface area contributed by atoms with E-state index in [0.717, 1.165) is 18.5 Å². The van der Waals surface area contributed by atoms with E-state index in [4.69, 9.17) is 0 Å². The average Bonchev–Trinajstić information content (AvgIpc) is 2.30. The molecule has 0 unspecified atom stereocenters. The lowest BCUT2D eigenvalue weighted by molar-refractivity contribution is 0.0660. The van der Waals surface area contributed by atoms with Crippen molar-refractivity contribution in [2.24, 2.45) is 11.8 Å². The van der Waals surface area contributed by atoms with Gasteiger partial charge in [-0.15, -0.1) is 0 Å². The molecular formula is C13H25NO. The molecule has 15 heavy (non-hydrogen) atoms. The molecule has 2 fully saturated rings. The summed E-state index contributed by atoms with van der Waals surface area (Å²) in [5, 5.41) is 9.22. The van der Waals surface area contributed by atoms with E-state index in [2.05, 4.69) is 11.8 Å². The van der Waals surface area contributed by atoms with E-state index in [1.54, 1.807) is 0 Å². The van der Waals surface area contributed by atoms with Crippen molar-refractivity contribution in [2.75, 3.05) is 19.7 Å². The van der Waals surface area contributed by atoms with Crippen molar-refractivity contribution in [3.05, 3.63) is 0 Å². The highest BCUT2D eigenvalue weighted by Gasteiger charge is 2.27. The molecule has 0 radical (unpaired) electrons. The van der Waals surface area contributed by atoms with Gasteiger partial charge in [-0.05, 0) is 56.9 Å². The number of nitrogens with zero attached hydrogens (tertiary/aromatic N) is 1. The first-order valence-electron chi connectivity index (χ1n) is 6.64. The van der Waals surface area contributed by atoms with Crippen LogP contribution in [0, 0.1) is 11.8 Å². The molecule has 88 valence electrons. The number of rotatable bonds is 2. The minimum absolute atomic E-state index is 0.389. The molecule has 1 atom stereocenters. The summed E-state index contributed by atoms with van der Waals surface area (Å²) < 4.78 is 0. The van der Waals surface area contributed by atoms with Crippen LogP contribution in [0.2, 0.25) is 0 Å². The lowest BCUT2D eigenvalue weighted by Gasteiger charge is -2.40. The van der Waals surface area contributed by atoms with Gasteiger partial charge in [0.05, 0.1) is 0 Å². The predicted molar refractivity (Wildman–Crippen MR) is 62.8 cm³/mol. The van der Waals surface area contributed by atoms with Gasteiger partial charge in [-0.1, -0.05) is 6.92 Å². The van der Waals surface area contributed by atoms with Gasteiger partial charge < -0.3 is 10.0 Å². The van der Waals surface area contributed by atoms with E-state index in [1.807, 2.05) is 0 Å². The SMILES string of the molecule is CC1CCC(N2CCC[C@H](CO)C2)CC1. The van der Waals surface area contributed by atoms with Crippen molar-refractivity contribution < 1.29 is 5.11 Å². The average molecular weight is 211 g/mol.